The van der Waals surface area contributed by atoms with Crippen LogP contribution in [0.15, 0.2) is 6.07 Å². The summed E-state index contributed by atoms with van der Waals surface area (Å²) < 4.78 is 64.5. The second-order valence-corrected chi connectivity index (χ2v) is 4.08. The monoisotopic (exact) mass is 378 g/mol. The Morgan fingerprint density at radius 2 is 2.06 bits per heavy atom. The summed E-state index contributed by atoms with van der Waals surface area (Å²) in [5.41, 5.74) is -0.845. The van der Waals surface area contributed by atoms with Gasteiger partial charge in [0, 0.05) is 5.56 Å². The number of pyridine rings is 1. The van der Waals surface area contributed by atoms with E-state index < -0.39 is 27.8 Å². The molecule has 9 heteroatoms. The maximum atomic E-state index is 12.6. The van der Waals surface area contributed by atoms with Crippen LogP contribution >= 0.6 is 22.6 Å². The van der Waals surface area contributed by atoms with E-state index in [1.807, 2.05) is 0 Å². The standard InChI is InChI=1S/C9H4F5IN2O/c10-7(11)5-3-4(1-2-16)17-8(6(5)15)18-9(12,13)14/h3,7H,1H2. The minimum absolute atomic E-state index is 0.201. The fraction of sp³-hybridized carbons (Fsp3) is 0.333. The van der Waals surface area contributed by atoms with Gasteiger partial charge in [-0.05, 0) is 28.7 Å². The quantitative estimate of drug-likeness (QED) is 0.597. The molecule has 0 radical (unpaired) electrons. The molecule has 0 amide bonds. The number of ether oxygens (including phenoxy) is 1. The highest BCUT2D eigenvalue weighted by Gasteiger charge is 2.34. The van der Waals surface area contributed by atoms with Crippen LogP contribution in [0.4, 0.5) is 22.0 Å². The summed E-state index contributed by atoms with van der Waals surface area (Å²) in [6.07, 6.45) is -8.39. The number of hydrogen-bond donors (Lipinski definition) is 0. The van der Waals surface area contributed by atoms with E-state index in [0.717, 1.165) is 6.07 Å². The Hall–Kier alpha value is -1.18. The topological polar surface area (TPSA) is 45.9 Å². The van der Waals surface area contributed by atoms with Crippen LogP contribution in [0.1, 0.15) is 17.7 Å². The first kappa shape index (κ1) is 14.9. The summed E-state index contributed by atoms with van der Waals surface area (Å²) in [5.74, 6) is -0.967. The summed E-state index contributed by atoms with van der Waals surface area (Å²) in [7, 11) is 0. The lowest BCUT2D eigenvalue weighted by atomic mass is 10.2. The van der Waals surface area contributed by atoms with Crippen molar-refractivity contribution >= 4 is 22.6 Å². The Balaban J connectivity index is 3.27. The molecule has 0 saturated heterocycles. The van der Waals surface area contributed by atoms with Crippen molar-refractivity contribution in [3.05, 3.63) is 20.9 Å². The zero-order valence-corrected chi connectivity index (χ0v) is 10.6. The molecule has 0 unspecified atom stereocenters. The molecule has 0 saturated carbocycles. The van der Waals surface area contributed by atoms with E-state index in [1.54, 1.807) is 6.07 Å². The third kappa shape index (κ3) is 3.94. The molecule has 3 nitrogen and oxygen atoms in total. The smallest absolute Gasteiger partial charge is 0.387 e. The molecule has 1 aromatic heterocycles. The van der Waals surface area contributed by atoms with Gasteiger partial charge in [-0.15, -0.1) is 13.2 Å². The van der Waals surface area contributed by atoms with E-state index in [0.29, 0.717) is 0 Å². The minimum Gasteiger partial charge on any atom is -0.387 e. The second-order valence-electron chi connectivity index (χ2n) is 3.01. The summed E-state index contributed by atoms with van der Waals surface area (Å²) in [6.45, 7) is 0. The third-order valence-electron chi connectivity index (χ3n) is 1.72. The molecule has 18 heavy (non-hydrogen) atoms. The van der Waals surface area contributed by atoms with Crippen molar-refractivity contribution in [3.63, 3.8) is 0 Å². The van der Waals surface area contributed by atoms with E-state index in [4.69, 9.17) is 5.26 Å². The van der Waals surface area contributed by atoms with Crippen LogP contribution in [-0.4, -0.2) is 11.3 Å². The molecular formula is C9H4F5IN2O. The normalized spacial score (nSPS) is 11.4. The lowest BCUT2D eigenvalue weighted by Crippen LogP contribution is -2.19. The number of nitrogens with zero attached hydrogens (tertiary/aromatic N) is 2. The molecule has 0 aliphatic carbocycles. The van der Waals surface area contributed by atoms with Crippen LogP contribution in [0.25, 0.3) is 0 Å². The van der Waals surface area contributed by atoms with Gasteiger partial charge in [-0.2, -0.15) is 5.26 Å². The van der Waals surface area contributed by atoms with Gasteiger partial charge in [0.2, 0.25) is 5.88 Å². The average Bonchev–Trinajstić information content (AvgIpc) is 2.20. The molecule has 0 aliphatic heterocycles. The van der Waals surface area contributed by atoms with Crippen molar-refractivity contribution in [1.29, 1.82) is 5.26 Å². The molecule has 0 bridgehead atoms. The third-order valence-corrected chi connectivity index (χ3v) is 2.80. The zero-order valence-electron chi connectivity index (χ0n) is 8.43. The fourth-order valence-corrected chi connectivity index (χ4v) is 1.71. The van der Waals surface area contributed by atoms with Crippen LogP contribution < -0.4 is 4.74 Å². The van der Waals surface area contributed by atoms with Crippen molar-refractivity contribution in [2.45, 2.75) is 19.2 Å². The Morgan fingerprint density at radius 3 is 2.50 bits per heavy atom. The van der Waals surface area contributed by atoms with Crippen molar-refractivity contribution in [2.75, 3.05) is 0 Å². The van der Waals surface area contributed by atoms with E-state index in [2.05, 4.69) is 9.72 Å². The van der Waals surface area contributed by atoms with E-state index >= 15 is 0 Å². The van der Waals surface area contributed by atoms with Crippen molar-refractivity contribution in [1.82, 2.24) is 4.98 Å². The molecule has 1 aromatic rings. The highest BCUT2D eigenvalue weighted by Crippen LogP contribution is 2.33. The van der Waals surface area contributed by atoms with Gasteiger partial charge < -0.3 is 4.74 Å². The first-order valence-corrected chi connectivity index (χ1v) is 5.42. The Morgan fingerprint density at radius 1 is 1.44 bits per heavy atom. The lowest BCUT2D eigenvalue weighted by molar-refractivity contribution is -0.276. The van der Waals surface area contributed by atoms with Gasteiger partial charge in [-0.3, -0.25) is 0 Å². The van der Waals surface area contributed by atoms with E-state index in [1.165, 1.54) is 22.6 Å². The van der Waals surface area contributed by atoms with E-state index in [-0.39, 0.29) is 12.1 Å². The van der Waals surface area contributed by atoms with Crippen LogP contribution in [0.3, 0.4) is 0 Å². The molecule has 0 aliphatic rings. The van der Waals surface area contributed by atoms with Gasteiger partial charge in [0.05, 0.1) is 21.8 Å². The van der Waals surface area contributed by atoms with Gasteiger partial charge in [-0.1, -0.05) is 0 Å². The second kappa shape index (κ2) is 5.64. The Kier molecular flexibility index (Phi) is 4.66. The number of hydrogen-bond acceptors (Lipinski definition) is 3. The van der Waals surface area contributed by atoms with Gasteiger partial charge in [0.15, 0.2) is 0 Å². The van der Waals surface area contributed by atoms with Gasteiger partial charge in [0.25, 0.3) is 6.43 Å². The molecular weight excluding hydrogens is 374 g/mol. The number of nitriles is 1. The predicted molar refractivity (Wildman–Crippen MR) is 57.9 cm³/mol. The maximum absolute atomic E-state index is 12.6. The van der Waals surface area contributed by atoms with Crippen molar-refractivity contribution in [2.24, 2.45) is 0 Å². The highest BCUT2D eigenvalue weighted by molar-refractivity contribution is 14.1. The molecule has 0 fully saturated rings. The first-order chi connectivity index (χ1) is 8.24. The van der Waals surface area contributed by atoms with Crippen LogP contribution in [0.5, 0.6) is 5.88 Å². The summed E-state index contributed by atoms with van der Waals surface area (Å²) >= 11 is 1.29. The zero-order chi connectivity index (χ0) is 13.9. The minimum atomic E-state index is -5.03. The average molecular weight is 378 g/mol. The largest absolute Gasteiger partial charge is 0.574 e. The van der Waals surface area contributed by atoms with Crippen molar-refractivity contribution in [3.8, 4) is 11.9 Å². The van der Waals surface area contributed by atoms with Gasteiger partial charge in [0.1, 0.15) is 0 Å². The van der Waals surface area contributed by atoms with Crippen molar-refractivity contribution < 1.29 is 26.7 Å². The molecule has 0 N–H and O–H groups in total. The van der Waals surface area contributed by atoms with Gasteiger partial charge >= 0.3 is 6.36 Å². The lowest BCUT2D eigenvalue weighted by Gasteiger charge is -2.13. The summed E-state index contributed by atoms with van der Waals surface area (Å²) in [4.78, 5) is 3.38. The molecule has 1 heterocycles. The SMILES string of the molecule is N#CCc1cc(C(F)F)c(I)c(OC(F)(F)F)n1. The number of aromatic nitrogens is 1. The van der Waals surface area contributed by atoms with Crippen LogP contribution in [0.2, 0.25) is 0 Å². The summed E-state index contributed by atoms with van der Waals surface area (Å²) in [5, 5.41) is 8.40. The molecule has 0 aromatic carbocycles. The molecule has 0 atom stereocenters. The number of rotatable bonds is 3. The Labute approximate surface area is 112 Å². The fourth-order valence-electron chi connectivity index (χ4n) is 1.09. The first-order valence-electron chi connectivity index (χ1n) is 4.34. The number of alkyl halides is 5. The van der Waals surface area contributed by atoms with E-state index in [9.17, 15) is 22.0 Å². The number of halogens is 6. The van der Waals surface area contributed by atoms with Crippen LogP contribution in [0, 0.1) is 14.9 Å². The Bertz CT molecular complexity index is 483. The predicted octanol–water partition coefficient (Wildman–Crippen LogP) is 3.59. The molecule has 1 rings (SSSR count). The summed E-state index contributed by atoms with van der Waals surface area (Å²) in [6, 6.07) is 2.50. The van der Waals surface area contributed by atoms with Crippen LogP contribution in [-0.2, 0) is 6.42 Å². The highest BCUT2D eigenvalue weighted by atomic mass is 127. The molecule has 0 spiro atoms. The molecule has 98 valence electrons. The van der Waals surface area contributed by atoms with Gasteiger partial charge in [-0.25, -0.2) is 13.8 Å². The maximum Gasteiger partial charge on any atom is 0.574 e.